The molecule has 3 aromatic rings. The quantitative estimate of drug-likeness (QED) is 0.414. The first-order valence-corrected chi connectivity index (χ1v) is 12.2. The Hall–Kier alpha value is -3.63. The molecule has 1 aromatic heterocycles. The molecule has 2 aliphatic heterocycles. The Morgan fingerprint density at radius 3 is 2.76 bits per heavy atom. The number of anilines is 2. The Labute approximate surface area is 213 Å². The van der Waals surface area contributed by atoms with Crippen LogP contribution < -0.4 is 20.3 Å². The van der Waals surface area contributed by atoms with Gasteiger partial charge in [0.25, 0.3) is 0 Å². The van der Waals surface area contributed by atoms with Crippen LogP contribution >= 0.6 is 0 Å². The molecule has 1 saturated heterocycles. The highest BCUT2D eigenvalue weighted by Gasteiger charge is 2.30. The van der Waals surface area contributed by atoms with E-state index in [1.165, 1.54) is 12.4 Å². The smallest absolute Gasteiger partial charge is 0.416 e. The van der Waals surface area contributed by atoms with Gasteiger partial charge in [-0.25, -0.2) is 9.97 Å². The lowest BCUT2D eigenvalue weighted by atomic mass is 10.1. The number of ether oxygens (including phenoxy) is 2. The van der Waals surface area contributed by atoms with Crippen LogP contribution in [0.3, 0.4) is 0 Å². The van der Waals surface area contributed by atoms with Crippen molar-refractivity contribution >= 4 is 11.4 Å². The van der Waals surface area contributed by atoms with Crippen LogP contribution in [0.1, 0.15) is 29.7 Å². The second-order valence-electron chi connectivity index (χ2n) is 9.06. The summed E-state index contributed by atoms with van der Waals surface area (Å²) in [6.07, 6.45) is -0.179. The minimum Gasteiger partial charge on any atom is -0.439 e. The molecule has 2 aliphatic rings. The number of nitrogens with one attached hydrogen (secondary N) is 2. The van der Waals surface area contributed by atoms with E-state index >= 15 is 0 Å². The van der Waals surface area contributed by atoms with Gasteiger partial charge < -0.3 is 25.0 Å². The highest BCUT2D eigenvalue weighted by atomic mass is 19.4. The van der Waals surface area contributed by atoms with Crippen LogP contribution in [0.15, 0.2) is 67.3 Å². The maximum absolute atomic E-state index is 13.0. The fourth-order valence-electron chi connectivity index (χ4n) is 4.53. The summed E-state index contributed by atoms with van der Waals surface area (Å²) in [6, 6.07) is 13.1. The number of hydrogen-bond donors (Lipinski definition) is 2. The molecule has 7 nitrogen and oxygen atoms in total. The van der Waals surface area contributed by atoms with Crippen LogP contribution in [-0.2, 0) is 23.9 Å². The predicted molar refractivity (Wildman–Crippen MR) is 134 cm³/mol. The van der Waals surface area contributed by atoms with Crippen LogP contribution in [0.2, 0.25) is 0 Å². The summed E-state index contributed by atoms with van der Waals surface area (Å²) in [5.41, 5.74) is 2.46. The molecule has 0 unspecified atom stereocenters. The molecule has 0 radical (unpaired) electrons. The summed E-state index contributed by atoms with van der Waals surface area (Å²) < 4.78 is 50.5. The summed E-state index contributed by atoms with van der Waals surface area (Å²) in [5.74, 6) is 1.62. The minimum absolute atomic E-state index is 0.333. The first-order chi connectivity index (χ1) is 17.8. The first-order valence-electron chi connectivity index (χ1n) is 12.2. The standard InChI is InChI=1S/C27H28F3N5O2/c1-18(34-22-4-2-3-20(14-22)27(28,29)30)35-10-7-19-13-24(5-6-25(19)35)37-26-15-23(32-17-33-26)16-31-21-8-11-36-12-9-21/h2-6,13-15,17,21,31,34H,1,7-12,16H2. The third-order valence-electron chi connectivity index (χ3n) is 6.47. The SMILES string of the molecule is C=C(Nc1cccc(C(F)(F)F)c1)N1CCc2cc(Oc3cc(CNC4CCOCC4)ncn3)ccc21. The number of nitrogens with zero attached hydrogens (tertiary/aromatic N) is 3. The lowest BCUT2D eigenvalue weighted by Crippen LogP contribution is -2.34. The van der Waals surface area contributed by atoms with Crippen LogP contribution in [0, 0.1) is 0 Å². The lowest BCUT2D eigenvalue weighted by Gasteiger charge is -2.23. The summed E-state index contributed by atoms with van der Waals surface area (Å²) >= 11 is 0. The fourth-order valence-corrected chi connectivity index (χ4v) is 4.53. The zero-order valence-corrected chi connectivity index (χ0v) is 20.2. The summed E-state index contributed by atoms with van der Waals surface area (Å²) in [4.78, 5) is 10.5. The normalized spacial score (nSPS) is 15.9. The molecule has 5 rings (SSSR count). The van der Waals surface area contributed by atoms with E-state index in [-0.39, 0.29) is 0 Å². The van der Waals surface area contributed by atoms with Gasteiger partial charge in [0.1, 0.15) is 17.9 Å². The molecule has 0 atom stereocenters. The number of aromatic nitrogens is 2. The molecule has 2 N–H and O–H groups in total. The van der Waals surface area contributed by atoms with Crippen LogP contribution in [-0.4, -0.2) is 35.8 Å². The van der Waals surface area contributed by atoms with Gasteiger partial charge in [0, 0.05) is 49.8 Å². The second kappa shape index (κ2) is 10.8. The van der Waals surface area contributed by atoms with Gasteiger partial charge in [-0.05, 0) is 61.2 Å². The molecule has 0 spiro atoms. The van der Waals surface area contributed by atoms with Gasteiger partial charge >= 0.3 is 6.18 Å². The molecule has 194 valence electrons. The Morgan fingerprint density at radius 2 is 1.95 bits per heavy atom. The largest absolute Gasteiger partial charge is 0.439 e. The highest BCUT2D eigenvalue weighted by molar-refractivity contribution is 5.66. The molecule has 0 amide bonds. The van der Waals surface area contributed by atoms with Gasteiger partial charge in [0.2, 0.25) is 5.88 Å². The molecule has 2 aromatic carbocycles. The third-order valence-corrected chi connectivity index (χ3v) is 6.47. The van der Waals surface area contributed by atoms with Gasteiger partial charge in [0.15, 0.2) is 0 Å². The number of hydrogen-bond acceptors (Lipinski definition) is 7. The molecule has 37 heavy (non-hydrogen) atoms. The maximum atomic E-state index is 13.0. The van der Waals surface area contributed by atoms with Gasteiger partial charge in [-0.15, -0.1) is 0 Å². The molecule has 10 heteroatoms. The number of fused-ring (bicyclic) bond motifs is 1. The zero-order chi connectivity index (χ0) is 25.8. The Kier molecular flexibility index (Phi) is 7.29. The van der Waals surface area contributed by atoms with Crippen molar-refractivity contribution in [3.05, 3.63) is 84.1 Å². The van der Waals surface area contributed by atoms with E-state index in [1.807, 2.05) is 29.2 Å². The number of halogens is 3. The van der Waals surface area contributed by atoms with E-state index in [0.29, 0.717) is 42.3 Å². The molecule has 0 aliphatic carbocycles. The Morgan fingerprint density at radius 1 is 1.11 bits per heavy atom. The summed E-state index contributed by atoms with van der Waals surface area (Å²) in [7, 11) is 0. The van der Waals surface area contributed by atoms with Crippen molar-refractivity contribution in [2.45, 2.75) is 38.0 Å². The number of benzene rings is 2. The van der Waals surface area contributed by atoms with E-state index in [4.69, 9.17) is 9.47 Å². The Balaban J connectivity index is 1.21. The molecule has 0 saturated carbocycles. The maximum Gasteiger partial charge on any atom is 0.416 e. The third kappa shape index (κ3) is 6.20. The Bertz CT molecular complexity index is 1260. The van der Waals surface area contributed by atoms with Gasteiger partial charge in [-0.3, -0.25) is 0 Å². The van der Waals surface area contributed by atoms with Crippen molar-refractivity contribution in [1.82, 2.24) is 15.3 Å². The average molecular weight is 512 g/mol. The molecule has 3 heterocycles. The van der Waals surface area contributed by atoms with Crippen molar-refractivity contribution in [3.8, 4) is 11.6 Å². The zero-order valence-electron chi connectivity index (χ0n) is 20.2. The molecular formula is C27H28F3N5O2. The van der Waals surface area contributed by atoms with Gasteiger partial charge in [-0.1, -0.05) is 12.6 Å². The van der Waals surface area contributed by atoms with E-state index in [0.717, 1.165) is 61.6 Å². The molecule has 1 fully saturated rings. The van der Waals surface area contributed by atoms with Crippen molar-refractivity contribution in [3.63, 3.8) is 0 Å². The van der Waals surface area contributed by atoms with E-state index in [2.05, 4.69) is 27.2 Å². The average Bonchev–Trinajstić information content (AvgIpc) is 3.31. The van der Waals surface area contributed by atoms with Crippen molar-refractivity contribution < 1.29 is 22.6 Å². The van der Waals surface area contributed by atoms with E-state index in [1.54, 1.807) is 6.07 Å². The highest BCUT2D eigenvalue weighted by Crippen LogP contribution is 2.35. The number of alkyl halides is 3. The van der Waals surface area contributed by atoms with Crippen molar-refractivity contribution in [2.24, 2.45) is 0 Å². The fraction of sp³-hybridized carbons (Fsp3) is 0.333. The van der Waals surface area contributed by atoms with Crippen molar-refractivity contribution in [1.29, 1.82) is 0 Å². The molecular weight excluding hydrogens is 483 g/mol. The second-order valence-corrected chi connectivity index (χ2v) is 9.06. The molecule has 0 bridgehead atoms. The first kappa shape index (κ1) is 25.0. The summed E-state index contributed by atoms with van der Waals surface area (Å²) in [5, 5.41) is 6.51. The van der Waals surface area contributed by atoms with E-state index in [9.17, 15) is 13.2 Å². The lowest BCUT2D eigenvalue weighted by molar-refractivity contribution is -0.137. The van der Waals surface area contributed by atoms with Crippen LogP contribution in [0.5, 0.6) is 11.6 Å². The van der Waals surface area contributed by atoms with Gasteiger partial charge in [0.05, 0.1) is 11.3 Å². The van der Waals surface area contributed by atoms with Crippen LogP contribution in [0.4, 0.5) is 24.5 Å². The van der Waals surface area contributed by atoms with Crippen molar-refractivity contribution in [2.75, 3.05) is 30.0 Å². The topological polar surface area (TPSA) is 71.5 Å². The van der Waals surface area contributed by atoms with Crippen LogP contribution in [0.25, 0.3) is 0 Å². The van der Waals surface area contributed by atoms with Gasteiger partial charge in [-0.2, -0.15) is 13.2 Å². The monoisotopic (exact) mass is 511 g/mol. The van der Waals surface area contributed by atoms with E-state index < -0.39 is 11.7 Å². The number of rotatable bonds is 8. The minimum atomic E-state index is -4.40. The predicted octanol–water partition coefficient (Wildman–Crippen LogP) is 5.50. The summed E-state index contributed by atoms with van der Waals surface area (Å²) in [6.45, 7) is 6.88.